The SMILES string of the molecule is Cc1ccccc1C1(C)CC(=O)NC1c1ccccc1. The molecule has 1 aliphatic rings. The zero-order valence-electron chi connectivity index (χ0n) is 11.9. The highest BCUT2D eigenvalue weighted by molar-refractivity contribution is 5.82. The van der Waals surface area contributed by atoms with Gasteiger partial charge in [0.1, 0.15) is 0 Å². The standard InChI is InChI=1S/C18H19NO/c1-13-8-6-7-11-15(13)18(2)12-16(20)19-17(18)14-9-4-3-5-10-14/h3-11,17H,12H2,1-2H3,(H,19,20). The molecule has 0 radical (unpaired) electrons. The van der Waals surface area contributed by atoms with Crippen molar-refractivity contribution in [2.45, 2.75) is 31.7 Å². The predicted octanol–water partition coefficient (Wildman–Crippen LogP) is 3.51. The minimum absolute atomic E-state index is 0.0392. The number of hydrogen-bond donors (Lipinski definition) is 1. The van der Waals surface area contributed by atoms with Crippen molar-refractivity contribution in [1.82, 2.24) is 5.32 Å². The molecule has 20 heavy (non-hydrogen) atoms. The predicted molar refractivity (Wildman–Crippen MR) is 80.5 cm³/mol. The van der Waals surface area contributed by atoms with Crippen LogP contribution in [0.3, 0.4) is 0 Å². The molecule has 2 aromatic carbocycles. The maximum Gasteiger partial charge on any atom is 0.221 e. The first-order valence-electron chi connectivity index (χ1n) is 7.02. The Kier molecular flexibility index (Phi) is 3.09. The van der Waals surface area contributed by atoms with Crippen LogP contribution in [-0.4, -0.2) is 5.91 Å². The van der Waals surface area contributed by atoms with Crippen LogP contribution < -0.4 is 5.32 Å². The van der Waals surface area contributed by atoms with Gasteiger partial charge >= 0.3 is 0 Å². The normalized spacial score (nSPS) is 25.5. The van der Waals surface area contributed by atoms with Crippen LogP contribution in [0.15, 0.2) is 54.6 Å². The molecule has 1 aliphatic heterocycles. The Bertz CT molecular complexity index is 635. The molecule has 1 amide bonds. The summed E-state index contributed by atoms with van der Waals surface area (Å²) in [6.07, 6.45) is 0.539. The summed E-state index contributed by atoms with van der Waals surface area (Å²) in [5.74, 6) is 0.129. The summed E-state index contributed by atoms with van der Waals surface area (Å²) in [7, 11) is 0. The summed E-state index contributed by atoms with van der Waals surface area (Å²) >= 11 is 0. The highest BCUT2D eigenvalue weighted by Crippen LogP contribution is 2.45. The average Bonchev–Trinajstić information content (AvgIpc) is 2.76. The Balaban J connectivity index is 2.10. The van der Waals surface area contributed by atoms with Crippen LogP contribution in [0.1, 0.15) is 36.1 Å². The van der Waals surface area contributed by atoms with Crippen LogP contribution in [0.2, 0.25) is 0 Å². The largest absolute Gasteiger partial charge is 0.348 e. The molecule has 1 saturated heterocycles. The minimum atomic E-state index is -0.191. The minimum Gasteiger partial charge on any atom is -0.348 e. The third kappa shape index (κ3) is 2.01. The van der Waals surface area contributed by atoms with Gasteiger partial charge in [0.15, 0.2) is 0 Å². The van der Waals surface area contributed by atoms with E-state index in [-0.39, 0.29) is 17.4 Å². The molecule has 0 spiro atoms. The topological polar surface area (TPSA) is 29.1 Å². The molecule has 1 N–H and O–H groups in total. The third-order valence-electron chi connectivity index (χ3n) is 4.36. The molecule has 2 nitrogen and oxygen atoms in total. The highest BCUT2D eigenvalue weighted by Gasteiger charge is 2.45. The molecule has 3 rings (SSSR count). The van der Waals surface area contributed by atoms with Gasteiger partial charge < -0.3 is 5.32 Å². The second-order valence-electron chi connectivity index (χ2n) is 5.82. The van der Waals surface area contributed by atoms with Gasteiger partial charge in [-0.15, -0.1) is 0 Å². The Morgan fingerprint density at radius 1 is 1.05 bits per heavy atom. The van der Waals surface area contributed by atoms with Crippen molar-refractivity contribution in [3.63, 3.8) is 0 Å². The fourth-order valence-corrected chi connectivity index (χ4v) is 3.37. The molecule has 2 heteroatoms. The molecule has 0 bridgehead atoms. The number of nitrogens with one attached hydrogen (secondary N) is 1. The molecule has 0 aliphatic carbocycles. The van der Waals surface area contributed by atoms with Crippen molar-refractivity contribution in [3.05, 3.63) is 71.3 Å². The van der Waals surface area contributed by atoms with E-state index in [1.807, 2.05) is 24.3 Å². The number of rotatable bonds is 2. The van der Waals surface area contributed by atoms with Crippen molar-refractivity contribution < 1.29 is 4.79 Å². The van der Waals surface area contributed by atoms with Crippen molar-refractivity contribution in [2.75, 3.05) is 0 Å². The molecule has 2 atom stereocenters. The smallest absolute Gasteiger partial charge is 0.221 e. The lowest BCUT2D eigenvalue weighted by Crippen LogP contribution is -2.31. The van der Waals surface area contributed by atoms with Crippen molar-refractivity contribution >= 4 is 5.91 Å². The van der Waals surface area contributed by atoms with E-state index in [1.54, 1.807) is 0 Å². The maximum absolute atomic E-state index is 12.0. The first-order valence-corrected chi connectivity index (χ1v) is 7.02. The summed E-state index contributed by atoms with van der Waals surface area (Å²) in [6.45, 7) is 4.30. The average molecular weight is 265 g/mol. The van der Waals surface area contributed by atoms with Gasteiger partial charge in [-0.2, -0.15) is 0 Å². The van der Waals surface area contributed by atoms with Crippen LogP contribution >= 0.6 is 0 Å². The van der Waals surface area contributed by atoms with Crippen molar-refractivity contribution in [3.8, 4) is 0 Å². The summed E-state index contributed by atoms with van der Waals surface area (Å²) in [5.41, 5.74) is 3.48. The van der Waals surface area contributed by atoms with E-state index in [9.17, 15) is 4.79 Å². The van der Waals surface area contributed by atoms with Gasteiger partial charge in [-0.05, 0) is 23.6 Å². The molecule has 102 valence electrons. The summed E-state index contributed by atoms with van der Waals surface area (Å²) in [5, 5.41) is 3.15. The van der Waals surface area contributed by atoms with E-state index >= 15 is 0 Å². The molecule has 1 fully saturated rings. The fraction of sp³-hybridized carbons (Fsp3) is 0.278. The summed E-state index contributed by atoms with van der Waals surface area (Å²) in [4.78, 5) is 12.0. The Labute approximate surface area is 119 Å². The molecule has 0 aromatic heterocycles. The summed E-state index contributed by atoms with van der Waals surface area (Å²) < 4.78 is 0. The monoisotopic (exact) mass is 265 g/mol. The zero-order chi connectivity index (χ0) is 14.2. The van der Waals surface area contributed by atoms with Crippen LogP contribution in [0.4, 0.5) is 0 Å². The molecule has 2 unspecified atom stereocenters. The first-order chi connectivity index (χ1) is 9.61. The molecule has 1 heterocycles. The molecular weight excluding hydrogens is 246 g/mol. The van der Waals surface area contributed by atoms with E-state index < -0.39 is 0 Å². The number of hydrogen-bond acceptors (Lipinski definition) is 1. The van der Waals surface area contributed by atoms with E-state index in [4.69, 9.17) is 0 Å². The lowest BCUT2D eigenvalue weighted by atomic mass is 9.72. The third-order valence-corrected chi connectivity index (χ3v) is 4.36. The number of aryl methyl sites for hydroxylation is 1. The van der Waals surface area contributed by atoms with E-state index in [0.29, 0.717) is 6.42 Å². The first kappa shape index (κ1) is 12.9. The van der Waals surface area contributed by atoms with Crippen LogP contribution in [0.25, 0.3) is 0 Å². The van der Waals surface area contributed by atoms with E-state index in [2.05, 4.69) is 49.5 Å². The van der Waals surface area contributed by atoms with Gasteiger partial charge in [-0.25, -0.2) is 0 Å². The van der Waals surface area contributed by atoms with Gasteiger partial charge in [0.25, 0.3) is 0 Å². The van der Waals surface area contributed by atoms with Gasteiger partial charge in [-0.1, -0.05) is 61.5 Å². The molecular formula is C18H19NO. The van der Waals surface area contributed by atoms with Gasteiger partial charge in [0.2, 0.25) is 5.91 Å². The maximum atomic E-state index is 12.0. The Morgan fingerprint density at radius 3 is 2.40 bits per heavy atom. The van der Waals surface area contributed by atoms with Crippen LogP contribution in [0, 0.1) is 6.92 Å². The fourth-order valence-electron chi connectivity index (χ4n) is 3.37. The van der Waals surface area contributed by atoms with Crippen LogP contribution in [-0.2, 0) is 10.2 Å². The quantitative estimate of drug-likeness (QED) is 0.884. The lowest BCUT2D eigenvalue weighted by molar-refractivity contribution is -0.119. The second kappa shape index (κ2) is 4.78. The Hall–Kier alpha value is -2.09. The lowest BCUT2D eigenvalue weighted by Gasteiger charge is -2.32. The van der Waals surface area contributed by atoms with Crippen molar-refractivity contribution in [2.24, 2.45) is 0 Å². The van der Waals surface area contributed by atoms with Gasteiger partial charge in [-0.3, -0.25) is 4.79 Å². The highest BCUT2D eigenvalue weighted by atomic mass is 16.2. The zero-order valence-corrected chi connectivity index (χ0v) is 11.9. The van der Waals surface area contributed by atoms with Crippen LogP contribution in [0.5, 0.6) is 0 Å². The number of amides is 1. The molecule has 0 saturated carbocycles. The number of carbonyl (C=O) groups excluding carboxylic acids is 1. The summed E-state index contributed by atoms with van der Waals surface area (Å²) in [6, 6.07) is 18.6. The number of carbonyl (C=O) groups is 1. The van der Waals surface area contributed by atoms with Gasteiger partial charge in [0, 0.05) is 11.8 Å². The number of benzene rings is 2. The second-order valence-corrected chi connectivity index (χ2v) is 5.82. The van der Waals surface area contributed by atoms with Gasteiger partial charge in [0.05, 0.1) is 6.04 Å². The Morgan fingerprint density at radius 2 is 1.70 bits per heavy atom. The molecule has 2 aromatic rings. The van der Waals surface area contributed by atoms with E-state index in [1.165, 1.54) is 16.7 Å². The van der Waals surface area contributed by atoms with Crippen molar-refractivity contribution in [1.29, 1.82) is 0 Å². The van der Waals surface area contributed by atoms with E-state index in [0.717, 1.165) is 0 Å².